The Labute approximate surface area is 102 Å². The molecule has 0 bridgehead atoms. The van der Waals surface area contributed by atoms with Crippen LogP contribution < -0.4 is 0 Å². The van der Waals surface area contributed by atoms with E-state index in [0.29, 0.717) is 17.7 Å². The van der Waals surface area contributed by atoms with Crippen molar-refractivity contribution < 1.29 is 9.18 Å². The summed E-state index contributed by atoms with van der Waals surface area (Å²) in [6.45, 7) is 7.29. The maximum absolute atomic E-state index is 13.0. The van der Waals surface area contributed by atoms with Crippen molar-refractivity contribution in [2.24, 2.45) is 0 Å². The number of carbonyl (C=O) groups is 1. The Hall–Kier alpha value is -1.38. The lowest BCUT2D eigenvalue weighted by Crippen LogP contribution is -2.32. The maximum Gasteiger partial charge on any atom is 0.254 e. The van der Waals surface area contributed by atoms with Crippen LogP contribution in [0.4, 0.5) is 4.39 Å². The van der Waals surface area contributed by atoms with Crippen molar-refractivity contribution in [2.45, 2.75) is 33.6 Å². The standard InChI is InChI=1S/C14H20FNO/c1-4-6-9-16(5-2)14(17)13-8-7-12(15)10-11(13)3/h7-8,10H,4-6,9H2,1-3H3. The highest BCUT2D eigenvalue weighted by atomic mass is 19.1. The fourth-order valence-electron chi connectivity index (χ4n) is 1.79. The number of benzene rings is 1. The van der Waals surface area contributed by atoms with Crippen LogP contribution in [0.1, 0.15) is 42.6 Å². The maximum atomic E-state index is 13.0. The summed E-state index contributed by atoms with van der Waals surface area (Å²) in [6, 6.07) is 4.32. The fraction of sp³-hybridized carbons (Fsp3) is 0.500. The first-order chi connectivity index (χ1) is 8.10. The quantitative estimate of drug-likeness (QED) is 0.768. The second kappa shape index (κ2) is 6.38. The van der Waals surface area contributed by atoms with Crippen LogP contribution in [0.5, 0.6) is 0 Å². The van der Waals surface area contributed by atoms with Gasteiger partial charge in [-0.15, -0.1) is 0 Å². The smallest absolute Gasteiger partial charge is 0.254 e. The molecule has 1 aromatic carbocycles. The van der Waals surface area contributed by atoms with Crippen molar-refractivity contribution in [1.82, 2.24) is 4.90 Å². The molecule has 1 amide bonds. The van der Waals surface area contributed by atoms with Crippen molar-refractivity contribution in [1.29, 1.82) is 0 Å². The molecular formula is C14H20FNO. The first kappa shape index (κ1) is 13.7. The van der Waals surface area contributed by atoms with Gasteiger partial charge >= 0.3 is 0 Å². The van der Waals surface area contributed by atoms with Crippen LogP contribution in [0.25, 0.3) is 0 Å². The summed E-state index contributed by atoms with van der Waals surface area (Å²) in [5.41, 5.74) is 1.30. The van der Waals surface area contributed by atoms with Crippen LogP contribution in [-0.2, 0) is 0 Å². The van der Waals surface area contributed by atoms with E-state index in [1.165, 1.54) is 12.1 Å². The third kappa shape index (κ3) is 3.55. The molecule has 0 aromatic heterocycles. The Bertz CT molecular complexity index is 390. The number of unbranched alkanes of at least 4 members (excludes halogenated alkanes) is 1. The van der Waals surface area contributed by atoms with Crippen LogP contribution in [0.2, 0.25) is 0 Å². The van der Waals surface area contributed by atoms with Gasteiger partial charge in [-0.2, -0.15) is 0 Å². The van der Waals surface area contributed by atoms with E-state index in [2.05, 4.69) is 6.92 Å². The zero-order valence-corrected chi connectivity index (χ0v) is 10.8. The van der Waals surface area contributed by atoms with Gasteiger partial charge < -0.3 is 4.90 Å². The van der Waals surface area contributed by atoms with Gasteiger partial charge in [0.05, 0.1) is 0 Å². The van der Waals surface area contributed by atoms with Crippen molar-refractivity contribution in [3.63, 3.8) is 0 Å². The molecule has 0 radical (unpaired) electrons. The van der Waals surface area contributed by atoms with Crippen LogP contribution in [0.3, 0.4) is 0 Å². The van der Waals surface area contributed by atoms with Gasteiger partial charge in [-0.1, -0.05) is 13.3 Å². The van der Waals surface area contributed by atoms with Gasteiger partial charge in [0.1, 0.15) is 5.82 Å². The molecular weight excluding hydrogens is 217 g/mol. The first-order valence-electron chi connectivity index (χ1n) is 6.15. The largest absolute Gasteiger partial charge is 0.339 e. The number of nitrogens with zero attached hydrogens (tertiary/aromatic N) is 1. The van der Waals surface area contributed by atoms with Gasteiger partial charge in [-0.05, 0) is 44.0 Å². The fourth-order valence-corrected chi connectivity index (χ4v) is 1.79. The van der Waals surface area contributed by atoms with Gasteiger partial charge in [-0.25, -0.2) is 4.39 Å². The van der Waals surface area contributed by atoms with E-state index < -0.39 is 0 Å². The monoisotopic (exact) mass is 237 g/mol. The summed E-state index contributed by atoms with van der Waals surface area (Å²) in [5, 5.41) is 0. The number of hydrogen-bond donors (Lipinski definition) is 0. The average molecular weight is 237 g/mol. The second-order valence-electron chi connectivity index (χ2n) is 4.20. The molecule has 0 atom stereocenters. The molecule has 17 heavy (non-hydrogen) atoms. The third-order valence-corrected chi connectivity index (χ3v) is 2.87. The van der Waals surface area contributed by atoms with Crippen LogP contribution in [0, 0.1) is 12.7 Å². The normalized spacial score (nSPS) is 10.4. The molecule has 0 fully saturated rings. The van der Waals surface area contributed by atoms with Crippen molar-refractivity contribution in [3.8, 4) is 0 Å². The number of carbonyl (C=O) groups excluding carboxylic acids is 1. The van der Waals surface area contributed by atoms with Gasteiger partial charge in [0.2, 0.25) is 0 Å². The highest BCUT2D eigenvalue weighted by Crippen LogP contribution is 2.13. The van der Waals surface area contributed by atoms with E-state index in [-0.39, 0.29) is 11.7 Å². The Morgan fingerprint density at radius 1 is 1.35 bits per heavy atom. The molecule has 0 heterocycles. The first-order valence-corrected chi connectivity index (χ1v) is 6.15. The van der Waals surface area contributed by atoms with Gasteiger partial charge in [0, 0.05) is 18.7 Å². The Balaban J connectivity index is 2.86. The highest BCUT2D eigenvalue weighted by Gasteiger charge is 2.15. The predicted octanol–water partition coefficient (Wildman–Crippen LogP) is 3.40. The number of aryl methyl sites for hydroxylation is 1. The molecule has 3 heteroatoms. The molecule has 0 N–H and O–H groups in total. The van der Waals surface area contributed by atoms with Crippen molar-refractivity contribution in [3.05, 3.63) is 35.1 Å². The Kier molecular flexibility index (Phi) is 5.13. The molecule has 0 aliphatic carbocycles. The molecule has 0 spiro atoms. The molecule has 0 aliphatic heterocycles. The average Bonchev–Trinajstić information content (AvgIpc) is 2.29. The minimum absolute atomic E-state index is 0.00144. The summed E-state index contributed by atoms with van der Waals surface area (Å²) in [6.07, 6.45) is 2.06. The zero-order chi connectivity index (χ0) is 12.8. The van der Waals surface area contributed by atoms with E-state index in [9.17, 15) is 9.18 Å². The Morgan fingerprint density at radius 2 is 2.06 bits per heavy atom. The molecule has 0 saturated carbocycles. The van der Waals surface area contributed by atoms with Crippen molar-refractivity contribution >= 4 is 5.91 Å². The molecule has 94 valence electrons. The van der Waals surface area contributed by atoms with Gasteiger partial charge in [0.25, 0.3) is 5.91 Å². The number of hydrogen-bond acceptors (Lipinski definition) is 1. The SMILES string of the molecule is CCCCN(CC)C(=O)c1ccc(F)cc1C. The lowest BCUT2D eigenvalue weighted by molar-refractivity contribution is 0.0761. The lowest BCUT2D eigenvalue weighted by Gasteiger charge is -2.21. The van der Waals surface area contributed by atoms with E-state index in [0.717, 1.165) is 19.4 Å². The Morgan fingerprint density at radius 3 is 2.59 bits per heavy atom. The molecule has 0 aliphatic rings. The van der Waals surface area contributed by atoms with Gasteiger partial charge in [0.15, 0.2) is 0 Å². The van der Waals surface area contributed by atoms with Crippen molar-refractivity contribution in [2.75, 3.05) is 13.1 Å². The van der Waals surface area contributed by atoms with E-state index in [1.807, 2.05) is 11.8 Å². The summed E-state index contributed by atoms with van der Waals surface area (Å²) in [4.78, 5) is 14.0. The number of amides is 1. The van der Waals surface area contributed by atoms with Gasteiger partial charge in [-0.3, -0.25) is 4.79 Å². The summed E-state index contributed by atoms with van der Waals surface area (Å²) < 4.78 is 13.0. The topological polar surface area (TPSA) is 20.3 Å². The molecule has 1 aromatic rings. The third-order valence-electron chi connectivity index (χ3n) is 2.87. The lowest BCUT2D eigenvalue weighted by atomic mass is 10.1. The minimum atomic E-state index is -0.296. The molecule has 2 nitrogen and oxygen atoms in total. The minimum Gasteiger partial charge on any atom is -0.339 e. The van der Waals surface area contributed by atoms with Crippen LogP contribution in [0.15, 0.2) is 18.2 Å². The van der Waals surface area contributed by atoms with Crippen LogP contribution in [-0.4, -0.2) is 23.9 Å². The predicted molar refractivity (Wildman–Crippen MR) is 67.6 cm³/mol. The molecule has 0 unspecified atom stereocenters. The molecule has 0 saturated heterocycles. The van der Waals surface area contributed by atoms with E-state index >= 15 is 0 Å². The van der Waals surface area contributed by atoms with E-state index in [4.69, 9.17) is 0 Å². The zero-order valence-electron chi connectivity index (χ0n) is 10.8. The summed E-state index contributed by atoms with van der Waals surface area (Å²) >= 11 is 0. The highest BCUT2D eigenvalue weighted by molar-refractivity contribution is 5.95. The summed E-state index contributed by atoms with van der Waals surface area (Å²) in [7, 11) is 0. The van der Waals surface area contributed by atoms with E-state index in [1.54, 1.807) is 13.0 Å². The second-order valence-corrected chi connectivity index (χ2v) is 4.20. The molecule has 1 rings (SSSR count). The number of halogens is 1. The number of rotatable bonds is 5. The van der Waals surface area contributed by atoms with Crippen LogP contribution >= 0.6 is 0 Å². The summed E-state index contributed by atoms with van der Waals surface area (Å²) in [5.74, 6) is -0.297.